The van der Waals surface area contributed by atoms with Gasteiger partial charge in [0.15, 0.2) is 0 Å². The molecule has 1 fully saturated rings. The molecule has 1 aliphatic heterocycles. The van der Waals surface area contributed by atoms with Crippen LogP contribution >= 0.6 is 0 Å². The first-order valence-electron chi connectivity index (χ1n) is 5.25. The van der Waals surface area contributed by atoms with Crippen LogP contribution in [0.1, 0.15) is 18.4 Å². The van der Waals surface area contributed by atoms with Crippen molar-refractivity contribution in [3.8, 4) is 5.75 Å². The van der Waals surface area contributed by atoms with Gasteiger partial charge in [-0.3, -0.25) is 4.79 Å². The van der Waals surface area contributed by atoms with Gasteiger partial charge in [0.25, 0.3) is 0 Å². The summed E-state index contributed by atoms with van der Waals surface area (Å²) in [7, 11) is 0. The van der Waals surface area contributed by atoms with Gasteiger partial charge in [0.1, 0.15) is 17.8 Å². The van der Waals surface area contributed by atoms with Gasteiger partial charge in [0.2, 0.25) is 0 Å². The predicted octanol–water partition coefficient (Wildman–Crippen LogP) is 1.72. The summed E-state index contributed by atoms with van der Waals surface area (Å²) in [5, 5.41) is 0. The molecule has 0 bridgehead atoms. The minimum Gasteiger partial charge on any atom is -0.489 e. The Labute approximate surface area is 88.0 Å². The molecule has 1 saturated carbocycles. The van der Waals surface area contributed by atoms with Crippen LogP contribution in [-0.4, -0.2) is 18.7 Å². The van der Waals surface area contributed by atoms with Crippen LogP contribution in [0.4, 0.5) is 0 Å². The zero-order valence-electron chi connectivity index (χ0n) is 8.47. The molecule has 1 aromatic rings. The summed E-state index contributed by atoms with van der Waals surface area (Å²) in [6.07, 6.45) is 0.0291. The highest BCUT2D eigenvalue weighted by atomic mass is 16.5. The number of hydrogen-bond acceptors (Lipinski definition) is 3. The summed E-state index contributed by atoms with van der Waals surface area (Å²) < 4.78 is 10.7. The van der Waals surface area contributed by atoms with Crippen LogP contribution in [0.2, 0.25) is 0 Å². The average molecular weight is 204 g/mol. The Morgan fingerprint density at radius 2 is 2.27 bits per heavy atom. The third-order valence-electron chi connectivity index (χ3n) is 3.05. The Kier molecular flexibility index (Phi) is 1.75. The molecule has 1 heterocycles. The van der Waals surface area contributed by atoms with Gasteiger partial charge in [0, 0.05) is 11.5 Å². The minimum absolute atomic E-state index is 0.0291. The molecule has 78 valence electrons. The van der Waals surface area contributed by atoms with Crippen LogP contribution in [0.3, 0.4) is 0 Å². The smallest absolute Gasteiger partial charge is 0.313 e. The van der Waals surface area contributed by atoms with Crippen molar-refractivity contribution < 1.29 is 14.3 Å². The Morgan fingerprint density at radius 1 is 1.47 bits per heavy atom. The quantitative estimate of drug-likeness (QED) is 0.688. The van der Waals surface area contributed by atoms with E-state index in [-0.39, 0.29) is 23.9 Å². The summed E-state index contributed by atoms with van der Waals surface area (Å²) in [5.41, 5.74) is 1.15. The number of fused-ring (bicyclic) bond motifs is 3. The summed E-state index contributed by atoms with van der Waals surface area (Å²) >= 11 is 0. The van der Waals surface area contributed by atoms with Crippen molar-refractivity contribution in [2.75, 3.05) is 6.61 Å². The Morgan fingerprint density at radius 3 is 3.07 bits per heavy atom. The summed E-state index contributed by atoms with van der Waals surface area (Å²) in [6, 6.07) is 7.90. The van der Waals surface area contributed by atoms with Gasteiger partial charge >= 0.3 is 5.97 Å². The summed E-state index contributed by atoms with van der Waals surface area (Å²) in [4.78, 5) is 11.5. The summed E-state index contributed by atoms with van der Waals surface area (Å²) in [6.45, 7) is 2.27. The van der Waals surface area contributed by atoms with E-state index in [0.717, 1.165) is 11.3 Å². The Hall–Kier alpha value is -1.51. The van der Waals surface area contributed by atoms with Gasteiger partial charge in [-0.1, -0.05) is 18.2 Å². The molecule has 3 heteroatoms. The van der Waals surface area contributed by atoms with Gasteiger partial charge in [-0.2, -0.15) is 0 Å². The van der Waals surface area contributed by atoms with Crippen LogP contribution in [-0.2, 0) is 9.53 Å². The van der Waals surface area contributed by atoms with Crippen LogP contribution < -0.4 is 4.74 Å². The van der Waals surface area contributed by atoms with Crippen molar-refractivity contribution in [1.29, 1.82) is 0 Å². The third kappa shape index (κ3) is 1.16. The van der Waals surface area contributed by atoms with Crippen LogP contribution in [0.5, 0.6) is 5.75 Å². The normalized spacial score (nSPS) is 30.1. The van der Waals surface area contributed by atoms with E-state index in [4.69, 9.17) is 9.47 Å². The first kappa shape index (κ1) is 8.77. The highest BCUT2D eigenvalue weighted by Crippen LogP contribution is 2.58. The molecule has 0 spiro atoms. The van der Waals surface area contributed by atoms with Crippen molar-refractivity contribution in [1.82, 2.24) is 0 Å². The molecule has 3 rings (SSSR count). The number of benzene rings is 1. The first-order chi connectivity index (χ1) is 7.33. The minimum atomic E-state index is -0.123. The molecule has 1 aliphatic carbocycles. The second kappa shape index (κ2) is 2.99. The van der Waals surface area contributed by atoms with Crippen LogP contribution in [0, 0.1) is 5.92 Å². The molecule has 0 N–H and O–H groups in total. The number of hydrogen-bond donors (Lipinski definition) is 0. The monoisotopic (exact) mass is 204 g/mol. The highest BCUT2D eigenvalue weighted by molar-refractivity contribution is 5.80. The van der Waals surface area contributed by atoms with Crippen LogP contribution in [0.25, 0.3) is 0 Å². The van der Waals surface area contributed by atoms with Gasteiger partial charge in [-0.15, -0.1) is 0 Å². The van der Waals surface area contributed by atoms with Crippen molar-refractivity contribution in [3.05, 3.63) is 29.8 Å². The second-order valence-electron chi connectivity index (χ2n) is 3.92. The number of carbonyl (C=O) groups excluding carboxylic acids is 1. The van der Waals surface area contributed by atoms with Crippen molar-refractivity contribution in [3.63, 3.8) is 0 Å². The lowest BCUT2D eigenvalue weighted by Gasteiger charge is -2.07. The van der Waals surface area contributed by atoms with Gasteiger partial charge in [0.05, 0.1) is 6.61 Å². The van der Waals surface area contributed by atoms with Gasteiger partial charge in [-0.25, -0.2) is 0 Å². The molecule has 15 heavy (non-hydrogen) atoms. The predicted molar refractivity (Wildman–Crippen MR) is 53.7 cm³/mol. The fourth-order valence-corrected chi connectivity index (χ4v) is 2.33. The lowest BCUT2D eigenvalue weighted by molar-refractivity contribution is -0.145. The maximum absolute atomic E-state index is 11.5. The lowest BCUT2D eigenvalue weighted by Crippen LogP contribution is -2.13. The Balaban J connectivity index is 1.81. The van der Waals surface area contributed by atoms with Crippen molar-refractivity contribution in [2.45, 2.75) is 18.9 Å². The molecule has 0 aromatic heterocycles. The second-order valence-corrected chi connectivity index (χ2v) is 3.92. The molecule has 3 nitrogen and oxygen atoms in total. The highest BCUT2D eigenvalue weighted by Gasteiger charge is 2.63. The van der Waals surface area contributed by atoms with E-state index in [1.54, 1.807) is 0 Å². The van der Waals surface area contributed by atoms with Crippen LogP contribution in [0.15, 0.2) is 24.3 Å². The topological polar surface area (TPSA) is 35.5 Å². The zero-order valence-corrected chi connectivity index (χ0v) is 8.47. The van der Waals surface area contributed by atoms with E-state index in [1.807, 2.05) is 31.2 Å². The fraction of sp³-hybridized carbons (Fsp3) is 0.417. The van der Waals surface area contributed by atoms with E-state index >= 15 is 0 Å². The van der Waals surface area contributed by atoms with Crippen molar-refractivity contribution >= 4 is 5.97 Å². The molecular weight excluding hydrogens is 192 g/mol. The number of carbonyl (C=O) groups is 1. The average Bonchev–Trinajstić information content (AvgIpc) is 2.83. The molecule has 2 aliphatic rings. The van der Waals surface area contributed by atoms with E-state index in [2.05, 4.69) is 0 Å². The number of para-hydroxylation sites is 1. The Bertz CT molecular complexity index is 413. The maximum atomic E-state index is 11.5. The van der Waals surface area contributed by atoms with E-state index in [1.165, 1.54) is 0 Å². The van der Waals surface area contributed by atoms with Gasteiger partial charge in [-0.05, 0) is 13.0 Å². The molecule has 3 unspecified atom stereocenters. The van der Waals surface area contributed by atoms with Crippen molar-refractivity contribution in [2.24, 2.45) is 5.92 Å². The fourth-order valence-electron chi connectivity index (χ4n) is 2.33. The standard InChI is InChI=1S/C12H12O3/c1-2-14-12(13)10-9-7-5-3-4-6-8(7)15-11(9)10/h3-6,9-11H,2H2,1H3. The zero-order chi connectivity index (χ0) is 10.4. The molecule has 0 saturated heterocycles. The van der Waals surface area contributed by atoms with Gasteiger partial charge < -0.3 is 9.47 Å². The molecule has 1 aromatic carbocycles. The largest absolute Gasteiger partial charge is 0.489 e. The number of esters is 1. The van der Waals surface area contributed by atoms with E-state index in [0.29, 0.717) is 6.61 Å². The molecule has 3 atom stereocenters. The maximum Gasteiger partial charge on any atom is 0.313 e. The van der Waals surface area contributed by atoms with E-state index < -0.39 is 0 Å². The molecule has 0 amide bonds. The lowest BCUT2D eigenvalue weighted by atomic mass is 10.1. The summed E-state index contributed by atoms with van der Waals surface area (Å²) in [5.74, 6) is 0.968. The SMILES string of the molecule is CCOC(=O)C1C2Oc3ccccc3C21. The molecular formula is C12H12O3. The number of ether oxygens (including phenoxy) is 2. The number of rotatable bonds is 2. The van der Waals surface area contributed by atoms with E-state index in [9.17, 15) is 4.79 Å². The first-order valence-corrected chi connectivity index (χ1v) is 5.25. The molecule has 0 radical (unpaired) electrons. The third-order valence-corrected chi connectivity index (χ3v) is 3.05.